The van der Waals surface area contributed by atoms with Gasteiger partial charge in [-0.05, 0) is 0 Å². The van der Waals surface area contributed by atoms with Crippen LogP contribution in [0.1, 0.15) is 48.6 Å². The van der Waals surface area contributed by atoms with Crippen molar-refractivity contribution in [1.29, 1.82) is 0 Å². The summed E-state index contributed by atoms with van der Waals surface area (Å²) in [5.41, 5.74) is 5.95. The van der Waals surface area contributed by atoms with Gasteiger partial charge in [0.2, 0.25) is 0 Å². The van der Waals surface area contributed by atoms with Crippen LogP contribution in [0.4, 0.5) is 5.69 Å². The maximum absolute atomic E-state index is 7.44. The molecule has 3 nitrogen and oxygen atoms in total. The van der Waals surface area contributed by atoms with E-state index in [2.05, 4.69) is 178 Å². The summed E-state index contributed by atoms with van der Waals surface area (Å²) in [6, 6.07) is 58.0. The van der Waals surface area contributed by atoms with Crippen LogP contribution in [0.25, 0.3) is 0 Å². The second-order valence-electron chi connectivity index (χ2n) is 13.0. The predicted molar refractivity (Wildman–Crippen MR) is 194 cm³/mol. The molecule has 46 heavy (non-hydrogen) atoms. The molecule has 0 aromatic heterocycles. The van der Waals surface area contributed by atoms with Crippen molar-refractivity contribution in [1.82, 2.24) is 0 Å². The Labute approximate surface area is 273 Å². The molecule has 6 aromatic carbocycles. The first kappa shape index (κ1) is 30.0. The van der Waals surface area contributed by atoms with Crippen LogP contribution in [0.3, 0.4) is 0 Å². The first-order valence-corrected chi connectivity index (χ1v) is 17.9. The van der Waals surface area contributed by atoms with E-state index in [4.69, 9.17) is 9.05 Å². The number of hydrogen-bond acceptors (Lipinski definition) is 3. The van der Waals surface area contributed by atoms with Gasteiger partial charge in [-0.25, -0.2) is 0 Å². The van der Waals surface area contributed by atoms with Gasteiger partial charge < -0.3 is 0 Å². The number of benzene rings is 6. The summed E-state index contributed by atoms with van der Waals surface area (Å²) in [6.07, 6.45) is 0. The van der Waals surface area contributed by atoms with Crippen molar-refractivity contribution in [2.45, 2.75) is 31.6 Å². The molecule has 0 bridgehead atoms. The van der Waals surface area contributed by atoms with Crippen LogP contribution < -0.4 is 20.2 Å². The van der Waals surface area contributed by atoms with E-state index in [0.717, 1.165) is 33.2 Å². The van der Waals surface area contributed by atoms with Crippen molar-refractivity contribution in [3.8, 4) is 5.75 Å². The van der Waals surface area contributed by atoms with Gasteiger partial charge in [0.1, 0.15) is 0 Å². The zero-order valence-electron chi connectivity index (χ0n) is 26.9. The molecular weight excluding hydrogens is 581 g/mol. The van der Waals surface area contributed by atoms with E-state index >= 15 is 0 Å². The number of anilines is 1. The summed E-state index contributed by atoms with van der Waals surface area (Å²) in [6.45, 7) is 6.78. The minimum atomic E-state index is -3.91. The molecular formula is C42H40NO2P. The molecule has 0 aliphatic carbocycles. The second-order valence-corrected chi connectivity index (χ2v) is 16.7. The summed E-state index contributed by atoms with van der Waals surface area (Å²) in [4.78, 5) is 0. The van der Waals surface area contributed by atoms with Gasteiger partial charge in [-0.1, -0.05) is 0 Å². The first-order chi connectivity index (χ1) is 22.3. The van der Waals surface area contributed by atoms with Gasteiger partial charge in [0.25, 0.3) is 0 Å². The standard InChI is InChI=1S/C42H40NO2P/c1-41(2,3)38-30-35(42(32-20-10-5-11-21-32,33-22-12-6-13-23-33)34-24-14-7-15-25-34)31-39-40(38)45-46(43-39,44-4,36-26-16-8-17-27-36)37-28-18-9-19-29-37/h5-31,43H,1-4H3. The number of hydrogen-bond donors (Lipinski definition) is 1. The van der Waals surface area contributed by atoms with Crippen molar-refractivity contribution < 1.29 is 9.05 Å². The van der Waals surface area contributed by atoms with Crippen LogP contribution in [0, 0.1) is 0 Å². The van der Waals surface area contributed by atoms with E-state index in [-0.39, 0.29) is 5.41 Å². The number of fused-ring (bicyclic) bond motifs is 1. The Morgan fingerprint density at radius 3 is 1.28 bits per heavy atom. The van der Waals surface area contributed by atoms with Gasteiger partial charge in [0.05, 0.1) is 0 Å². The molecule has 1 N–H and O–H groups in total. The molecule has 0 fully saturated rings. The third kappa shape index (κ3) is 4.49. The van der Waals surface area contributed by atoms with Crippen molar-refractivity contribution in [3.63, 3.8) is 0 Å². The molecule has 0 spiro atoms. The van der Waals surface area contributed by atoms with Gasteiger partial charge in [-0.3, -0.25) is 0 Å². The van der Waals surface area contributed by atoms with Crippen LogP contribution in [0.15, 0.2) is 164 Å². The van der Waals surface area contributed by atoms with E-state index in [1.54, 1.807) is 7.11 Å². The molecule has 0 atom stereocenters. The molecule has 1 heterocycles. The molecule has 0 radical (unpaired) electrons. The average Bonchev–Trinajstić information content (AvgIpc) is 3.48. The molecule has 1 aliphatic rings. The van der Waals surface area contributed by atoms with Gasteiger partial charge in [0.15, 0.2) is 0 Å². The van der Waals surface area contributed by atoms with Crippen molar-refractivity contribution in [2.75, 3.05) is 12.2 Å². The molecule has 1 aliphatic heterocycles. The summed E-state index contributed by atoms with van der Waals surface area (Å²) in [5, 5.41) is 5.98. The normalized spacial score (nSPS) is 15.9. The van der Waals surface area contributed by atoms with E-state index in [1.165, 1.54) is 16.7 Å². The molecule has 0 unspecified atom stereocenters. The molecule has 0 amide bonds. The molecule has 6 aromatic rings. The summed E-state index contributed by atoms with van der Waals surface area (Å²) < 4.78 is 14.2. The molecule has 230 valence electrons. The molecule has 0 saturated carbocycles. The van der Waals surface area contributed by atoms with E-state index in [9.17, 15) is 0 Å². The van der Waals surface area contributed by atoms with Crippen LogP contribution >= 0.6 is 7.21 Å². The van der Waals surface area contributed by atoms with Gasteiger partial charge >= 0.3 is 274 Å². The number of nitrogens with one attached hydrogen (secondary N) is 1. The fourth-order valence-corrected chi connectivity index (χ4v) is 11.1. The fraction of sp³-hybridized carbons (Fsp3) is 0.143. The van der Waals surface area contributed by atoms with E-state index in [1.807, 2.05) is 12.1 Å². The Morgan fingerprint density at radius 2 is 0.913 bits per heavy atom. The Morgan fingerprint density at radius 1 is 0.522 bits per heavy atom. The van der Waals surface area contributed by atoms with Crippen molar-refractivity contribution >= 4 is 23.5 Å². The Hall–Kier alpha value is -4.69. The van der Waals surface area contributed by atoms with Crippen molar-refractivity contribution in [3.05, 3.63) is 192 Å². The predicted octanol–water partition coefficient (Wildman–Crippen LogP) is 9.77. The summed E-state index contributed by atoms with van der Waals surface area (Å²) in [5.74, 6) is 0.839. The molecule has 0 saturated heterocycles. The molecule has 7 rings (SSSR count). The quantitative estimate of drug-likeness (QED) is 0.142. The van der Waals surface area contributed by atoms with Crippen LogP contribution in [-0.4, -0.2) is 7.11 Å². The first-order valence-electron chi connectivity index (χ1n) is 15.9. The van der Waals surface area contributed by atoms with Crippen LogP contribution in [0.2, 0.25) is 0 Å². The zero-order valence-corrected chi connectivity index (χ0v) is 27.7. The van der Waals surface area contributed by atoms with E-state index < -0.39 is 12.6 Å². The SMILES string of the molecule is COP1(c2ccccc2)(c2ccccc2)Nc2cc(C(c3ccccc3)(c3ccccc3)c3ccccc3)cc(C(C)(C)C)c2O1. The van der Waals surface area contributed by atoms with Gasteiger partial charge in [-0.15, -0.1) is 0 Å². The van der Waals surface area contributed by atoms with Crippen molar-refractivity contribution in [2.24, 2.45) is 0 Å². The van der Waals surface area contributed by atoms with Crippen LogP contribution in [-0.2, 0) is 15.4 Å². The molecule has 4 heteroatoms. The third-order valence-corrected chi connectivity index (χ3v) is 13.7. The minimum absolute atomic E-state index is 0.247. The third-order valence-electron chi connectivity index (χ3n) is 9.34. The summed E-state index contributed by atoms with van der Waals surface area (Å²) in [7, 11) is -2.14. The van der Waals surface area contributed by atoms with Gasteiger partial charge in [-0.2, -0.15) is 0 Å². The average molecular weight is 622 g/mol. The Balaban J connectivity index is 1.59. The second kappa shape index (κ2) is 11.3. The van der Waals surface area contributed by atoms with Gasteiger partial charge in [0, 0.05) is 0 Å². The fourth-order valence-electron chi connectivity index (χ4n) is 7.14. The van der Waals surface area contributed by atoms with E-state index in [0.29, 0.717) is 0 Å². The number of rotatable bonds is 7. The monoisotopic (exact) mass is 621 g/mol. The Kier molecular flexibility index (Phi) is 7.35. The van der Waals surface area contributed by atoms with Crippen LogP contribution in [0.5, 0.6) is 5.75 Å². The maximum atomic E-state index is 7.44. The zero-order chi connectivity index (χ0) is 31.9. The Bertz CT molecular complexity index is 1820. The summed E-state index contributed by atoms with van der Waals surface area (Å²) >= 11 is 0. The topological polar surface area (TPSA) is 30.5 Å².